The smallest absolute Gasteiger partial charge is 0.450 e. The number of hydrogen-bond acceptors (Lipinski definition) is 7. The third-order valence-electron chi connectivity index (χ3n) is 3.05. The van der Waals surface area contributed by atoms with Crippen molar-refractivity contribution in [2.75, 3.05) is 6.61 Å². The number of para-hydroxylation sites is 1. The molecular formula is C15H17NO6S2. The van der Waals surface area contributed by atoms with E-state index in [0.717, 1.165) is 21.0 Å². The van der Waals surface area contributed by atoms with Crippen LogP contribution in [0.2, 0.25) is 0 Å². The van der Waals surface area contributed by atoms with Crippen LogP contribution in [0.3, 0.4) is 0 Å². The number of rotatable bonds is 9. The van der Waals surface area contributed by atoms with Crippen LogP contribution in [0.25, 0.3) is 10.2 Å². The SMILES string of the molecule is O=C(O)OCCCCCC(OC(=O)O)Sc1nc2ccccc2s1. The van der Waals surface area contributed by atoms with Crippen LogP contribution in [0.4, 0.5) is 9.59 Å². The summed E-state index contributed by atoms with van der Waals surface area (Å²) in [5.41, 5.74) is 0.341. The first kappa shape index (κ1) is 18.3. The van der Waals surface area contributed by atoms with E-state index in [-0.39, 0.29) is 6.61 Å². The molecule has 7 nitrogen and oxygen atoms in total. The summed E-state index contributed by atoms with van der Waals surface area (Å²) in [6.45, 7) is 0.144. The summed E-state index contributed by atoms with van der Waals surface area (Å²) in [4.78, 5) is 25.5. The van der Waals surface area contributed by atoms with Gasteiger partial charge in [0.2, 0.25) is 0 Å². The van der Waals surface area contributed by atoms with Gasteiger partial charge in [-0.15, -0.1) is 11.3 Å². The molecule has 0 radical (unpaired) electrons. The summed E-state index contributed by atoms with van der Waals surface area (Å²) in [5, 5.41) is 17.2. The highest BCUT2D eigenvalue weighted by atomic mass is 32.2. The van der Waals surface area contributed by atoms with Crippen molar-refractivity contribution in [1.82, 2.24) is 4.98 Å². The van der Waals surface area contributed by atoms with Crippen molar-refractivity contribution in [3.05, 3.63) is 24.3 Å². The number of carboxylic acid groups (broad SMARTS) is 2. The normalized spacial score (nSPS) is 12.0. The molecule has 0 aliphatic carbocycles. The molecule has 24 heavy (non-hydrogen) atoms. The molecule has 1 atom stereocenters. The van der Waals surface area contributed by atoms with Gasteiger partial charge < -0.3 is 19.7 Å². The fourth-order valence-electron chi connectivity index (χ4n) is 2.02. The number of fused-ring (bicyclic) bond motifs is 1. The molecule has 0 saturated heterocycles. The molecule has 2 aromatic rings. The van der Waals surface area contributed by atoms with E-state index in [9.17, 15) is 9.59 Å². The van der Waals surface area contributed by atoms with Gasteiger partial charge in [0.05, 0.1) is 16.8 Å². The summed E-state index contributed by atoms with van der Waals surface area (Å²) >= 11 is 2.79. The van der Waals surface area contributed by atoms with Gasteiger partial charge >= 0.3 is 12.3 Å². The van der Waals surface area contributed by atoms with E-state index in [1.54, 1.807) is 0 Å². The Labute approximate surface area is 146 Å². The fraction of sp³-hybridized carbons (Fsp3) is 0.400. The highest BCUT2D eigenvalue weighted by molar-refractivity contribution is 8.01. The monoisotopic (exact) mass is 371 g/mol. The number of hydrogen-bond donors (Lipinski definition) is 2. The van der Waals surface area contributed by atoms with E-state index < -0.39 is 17.7 Å². The Morgan fingerprint density at radius 2 is 1.96 bits per heavy atom. The lowest BCUT2D eigenvalue weighted by molar-refractivity contribution is 0.0771. The Bertz CT molecular complexity index is 656. The first-order chi connectivity index (χ1) is 11.5. The predicted molar refractivity (Wildman–Crippen MR) is 90.8 cm³/mol. The fourth-order valence-corrected chi connectivity index (χ4v) is 4.29. The van der Waals surface area contributed by atoms with Crippen LogP contribution in [0.15, 0.2) is 28.6 Å². The van der Waals surface area contributed by atoms with Crippen molar-refractivity contribution in [1.29, 1.82) is 0 Å². The first-order valence-corrected chi connectivity index (χ1v) is 9.02. The molecule has 0 aliphatic heterocycles. The van der Waals surface area contributed by atoms with Gasteiger partial charge in [-0.1, -0.05) is 23.9 Å². The van der Waals surface area contributed by atoms with Crippen molar-refractivity contribution >= 4 is 45.6 Å². The predicted octanol–water partition coefficient (Wildman–Crippen LogP) is 4.66. The molecule has 1 unspecified atom stereocenters. The first-order valence-electron chi connectivity index (χ1n) is 7.32. The van der Waals surface area contributed by atoms with E-state index in [1.165, 1.54) is 23.1 Å². The minimum atomic E-state index is -1.32. The van der Waals surface area contributed by atoms with Crippen LogP contribution >= 0.6 is 23.1 Å². The summed E-state index contributed by atoms with van der Waals surface area (Å²) in [5.74, 6) is 0. The lowest BCUT2D eigenvalue weighted by atomic mass is 10.2. The Morgan fingerprint density at radius 1 is 1.17 bits per heavy atom. The zero-order chi connectivity index (χ0) is 17.4. The summed E-state index contributed by atoms with van der Waals surface area (Å²) < 4.78 is 11.1. The van der Waals surface area contributed by atoms with Crippen molar-refractivity contribution in [2.45, 2.75) is 35.5 Å². The average Bonchev–Trinajstić information content (AvgIpc) is 2.91. The van der Waals surface area contributed by atoms with Crippen LogP contribution < -0.4 is 0 Å². The van der Waals surface area contributed by atoms with Gasteiger partial charge in [-0.05, 0) is 37.8 Å². The minimum Gasteiger partial charge on any atom is -0.450 e. The zero-order valence-electron chi connectivity index (χ0n) is 12.7. The maximum absolute atomic E-state index is 10.8. The summed E-state index contributed by atoms with van der Waals surface area (Å²) in [7, 11) is 0. The van der Waals surface area contributed by atoms with Crippen LogP contribution in [0.1, 0.15) is 25.7 Å². The van der Waals surface area contributed by atoms with E-state index >= 15 is 0 Å². The van der Waals surface area contributed by atoms with Gasteiger partial charge in [0.15, 0.2) is 9.78 Å². The second kappa shape index (κ2) is 9.33. The van der Waals surface area contributed by atoms with Gasteiger partial charge in [-0.3, -0.25) is 0 Å². The quantitative estimate of drug-likeness (QED) is 0.284. The maximum Gasteiger partial charge on any atom is 0.506 e. The lowest BCUT2D eigenvalue weighted by Crippen LogP contribution is -2.13. The Morgan fingerprint density at radius 3 is 2.67 bits per heavy atom. The van der Waals surface area contributed by atoms with E-state index in [2.05, 4.69) is 9.72 Å². The minimum absolute atomic E-state index is 0.144. The molecule has 2 rings (SSSR count). The zero-order valence-corrected chi connectivity index (χ0v) is 14.3. The topological polar surface area (TPSA) is 106 Å². The van der Waals surface area contributed by atoms with Gasteiger partial charge in [-0.25, -0.2) is 14.6 Å². The molecule has 0 saturated carbocycles. The van der Waals surface area contributed by atoms with Gasteiger partial charge in [0.1, 0.15) is 0 Å². The molecule has 0 aliphatic rings. The summed E-state index contributed by atoms with van der Waals surface area (Å²) in [6.07, 6.45) is -0.0413. The third-order valence-corrected chi connectivity index (χ3v) is 5.31. The van der Waals surface area contributed by atoms with Crippen molar-refractivity contribution in [3.63, 3.8) is 0 Å². The van der Waals surface area contributed by atoms with Crippen LogP contribution in [-0.2, 0) is 9.47 Å². The molecular weight excluding hydrogens is 354 g/mol. The number of aromatic nitrogens is 1. The van der Waals surface area contributed by atoms with Gasteiger partial charge in [-0.2, -0.15) is 0 Å². The molecule has 1 aromatic heterocycles. The molecule has 0 bridgehead atoms. The number of thiazole rings is 1. The second-order valence-corrected chi connectivity index (χ2v) is 7.28. The molecule has 0 amide bonds. The average molecular weight is 371 g/mol. The largest absolute Gasteiger partial charge is 0.506 e. The molecule has 9 heteroatoms. The molecule has 130 valence electrons. The number of benzene rings is 1. The number of ether oxygens (including phenoxy) is 2. The van der Waals surface area contributed by atoms with Gasteiger partial charge in [0.25, 0.3) is 0 Å². The molecule has 2 N–H and O–H groups in total. The Kier molecular flexibility index (Phi) is 7.13. The lowest BCUT2D eigenvalue weighted by Gasteiger charge is -2.13. The number of unbranched alkanes of at least 4 members (excludes halogenated alkanes) is 2. The van der Waals surface area contributed by atoms with Gasteiger partial charge in [0, 0.05) is 0 Å². The maximum atomic E-state index is 10.8. The van der Waals surface area contributed by atoms with E-state index in [0.29, 0.717) is 19.3 Å². The number of thioether (sulfide) groups is 1. The van der Waals surface area contributed by atoms with Crippen molar-refractivity contribution < 1.29 is 29.3 Å². The van der Waals surface area contributed by atoms with Crippen molar-refractivity contribution in [2.24, 2.45) is 0 Å². The van der Waals surface area contributed by atoms with Crippen LogP contribution in [0, 0.1) is 0 Å². The molecule has 1 heterocycles. The Balaban J connectivity index is 1.83. The number of nitrogens with zero attached hydrogens (tertiary/aromatic N) is 1. The summed E-state index contributed by atoms with van der Waals surface area (Å²) in [6, 6.07) is 7.71. The second-order valence-electron chi connectivity index (χ2n) is 4.84. The van der Waals surface area contributed by atoms with Crippen LogP contribution in [-0.4, -0.2) is 39.6 Å². The van der Waals surface area contributed by atoms with E-state index in [4.69, 9.17) is 14.9 Å². The molecule has 1 aromatic carbocycles. The number of carbonyl (C=O) groups is 2. The third kappa shape index (κ3) is 6.25. The van der Waals surface area contributed by atoms with Crippen molar-refractivity contribution in [3.8, 4) is 0 Å². The van der Waals surface area contributed by atoms with E-state index in [1.807, 2.05) is 24.3 Å². The highest BCUT2D eigenvalue weighted by Gasteiger charge is 2.17. The molecule has 0 fully saturated rings. The van der Waals surface area contributed by atoms with Crippen LogP contribution in [0.5, 0.6) is 0 Å². The Hall–Kier alpha value is -2.00. The molecule has 0 spiro atoms. The highest BCUT2D eigenvalue weighted by Crippen LogP contribution is 2.34. The standard InChI is InChI=1S/C15H17NO6S2/c17-14(18)21-9-5-1-2-8-12(22-15(19)20)24-13-16-10-6-3-4-7-11(10)23-13/h3-4,6-7,12H,1-2,5,8-9H2,(H,17,18)(H,19,20).